The molecule has 0 aromatic heterocycles. The van der Waals surface area contributed by atoms with Gasteiger partial charge in [0.2, 0.25) is 0 Å². The molecule has 100 valence electrons. The van der Waals surface area contributed by atoms with Gasteiger partial charge in [0.15, 0.2) is 0 Å². The third-order valence-corrected chi connectivity index (χ3v) is 4.20. The Labute approximate surface area is 111 Å². The van der Waals surface area contributed by atoms with Crippen molar-refractivity contribution in [2.24, 2.45) is 0 Å². The molecule has 1 aromatic rings. The van der Waals surface area contributed by atoms with Crippen LogP contribution in [0.2, 0.25) is 0 Å². The summed E-state index contributed by atoms with van der Waals surface area (Å²) in [5.74, 6) is 0. The van der Waals surface area contributed by atoms with Crippen LogP contribution in [0.3, 0.4) is 0 Å². The average Bonchev–Trinajstić information content (AvgIpc) is 2.42. The molecule has 2 heteroatoms. The second-order valence-electron chi connectivity index (χ2n) is 5.58. The lowest BCUT2D eigenvalue weighted by Crippen LogP contribution is -2.60. The number of nitrogens with zero attached hydrogens (tertiary/aromatic N) is 1. The van der Waals surface area contributed by atoms with Gasteiger partial charge < -0.3 is 5.32 Å². The minimum Gasteiger partial charge on any atom is -0.305 e. The molecule has 2 nitrogen and oxygen atoms in total. The van der Waals surface area contributed by atoms with Crippen molar-refractivity contribution in [1.29, 1.82) is 0 Å². The van der Waals surface area contributed by atoms with Gasteiger partial charge in [-0.3, -0.25) is 4.90 Å². The van der Waals surface area contributed by atoms with Crippen molar-refractivity contribution in [3.8, 4) is 0 Å². The Kier molecular flexibility index (Phi) is 4.41. The van der Waals surface area contributed by atoms with Crippen molar-refractivity contribution in [2.45, 2.75) is 45.2 Å². The van der Waals surface area contributed by atoms with E-state index in [4.69, 9.17) is 0 Å². The number of benzene rings is 1. The molecule has 18 heavy (non-hydrogen) atoms. The highest BCUT2D eigenvalue weighted by atomic mass is 15.2. The third kappa shape index (κ3) is 2.76. The summed E-state index contributed by atoms with van der Waals surface area (Å²) in [6.07, 6.45) is 2.57. The van der Waals surface area contributed by atoms with Crippen molar-refractivity contribution in [3.63, 3.8) is 0 Å². The van der Waals surface area contributed by atoms with Crippen molar-refractivity contribution >= 4 is 0 Å². The van der Waals surface area contributed by atoms with Crippen molar-refractivity contribution in [1.82, 2.24) is 10.2 Å². The van der Waals surface area contributed by atoms with E-state index >= 15 is 0 Å². The first-order chi connectivity index (χ1) is 8.69. The van der Waals surface area contributed by atoms with Gasteiger partial charge in [-0.25, -0.2) is 0 Å². The van der Waals surface area contributed by atoms with E-state index in [0.29, 0.717) is 6.04 Å². The van der Waals surface area contributed by atoms with Crippen LogP contribution in [0, 0.1) is 0 Å². The van der Waals surface area contributed by atoms with Gasteiger partial charge in [0, 0.05) is 19.1 Å². The first-order valence-electron chi connectivity index (χ1n) is 7.24. The van der Waals surface area contributed by atoms with Gasteiger partial charge in [-0.05, 0) is 25.5 Å². The van der Waals surface area contributed by atoms with Gasteiger partial charge in [0.25, 0.3) is 0 Å². The van der Waals surface area contributed by atoms with Gasteiger partial charge >= 0.3 is 0 Å². The second-order valence-corrected chi connectivity index (χ2v) is 5.58. The van der Waals surface area contributed by atoms with Crippen LogP contribution in [0.15, 0.2) is 30.3 Å². The van der Waals surface area contributed by atoms with Crippen molar-refractivity contribution < 1.29 is 0 Å². The summed E-state index contributed by atoms with van der Waals surface area (Å²) in [5.41, 5.74) is 1.50. The summed E-state index contributed by atoms with van der Waals surface area (Å²) in [6.45, 7) is 10.2. The van der Waals surface area contributed by atoms with E-state index in [0.717, 1.165) is 19.6 Å². The maximum Gasteiger partial charge on any atom is 0.0535 e. The van der Waals surface area contributed by atoms with Crippen LogP contribution in [-0.2, 0) is 5.54 Å². The topological polar surface area (TPSA) is 15.3 Å². The van der Waals surface area contributed by atoms with Crippen LogP contribution in [0.25, 0.3) is 0 Å². The zero-order valence-electron chi connectivity index (χ0n) is 11.9. The van der Waals surface area contributed by atoms with Crippen LogP contribution >= 0.6 is 0 Å². The quantitative estimate of drug-likeness (QED) is 0.878. The predicted molar refractivity (Wildman–Crippen MR) is 77.7 cm³/mol. The highest BCUT2D eigenvalue weighted by molar-refractivity contribution is 5.25. The monoisotopic (exact) mass is 246 g/mol. The molecule has 1 aromatic carbocycles. The fourth-order valence-electron chi connectivity index (χ4n) is 3.05. The molecule has 1 saturated heterocycles. The van der Waals surface area contributed by atoms with Gasteiger partial charge in [-0.2, -0.15) is 0 Å². The molecule has 0 saturated carbocycles. The van der Waals surface area contributed by atoms with E-state index in [-0.39, 0.29) is 5.54 Å². The largest absolute Gasteiger partial charge is 0.305 e. The Bertz CT molecular complexity index is 363. The Hall–Kier alpha value is -0.860. The molecule has 1 aliphatic heterocycles. The molecule has 0 radical (unpaired) electrons. The van der Waals surface area contributed by atoms with E-state index in [1.54, 1.807) is 0 Å². The Morgan fingerprint density at radius 1 is 1.28 bits per heavy atom. The number of nitrogens with one attached hydrogen (secondary N) is 1. The fraction of sp³-hybridized carbons (Fsp3) is 0.625. The zero-order valence-corrected chi connectivity index (χ0v) is 11.9. The number of hydrogen-bond acceptors (Lipinski definition) is 2. The van der Waals surface area contributed by atoms with E-state index < -0.39 is 0 Å². The number of piperazine rings is 1. The SMILES string of the molecule is CCCC1CNC(C)(c2ccccc2)CN1CC. The number of rotatable bonds is 4. The number of hydrogen-bond donors (Lipinski definition) is 1. The fourth-order valence-corrected chi connectivity index (χ4v) is 3.05. The molecule has 0 spiro atoms. The first kappa shape index (κ1) is 13.6. The lowest BCUT2D eigenvalue weighted by molar-refractivity contribution is 0.0855. The Balaban J connectivity index is 2.13. The molecule has 1 fully saturated rings. The van der Waals surface area contributed by atoms with Crippen molar-refractivity contribution in [3.05, 3.63) is 35.9 Å². The normalized spacial score (nSPS) is 29.4. The molecular weight excluding hydrogens is 220 g/mol. The van der Waals surface area contributed by atoms with Crippen LogP contribution in [0.1, 0.15) is 39.2 Å². The predicted octanol–water partition coefficient (Wildman–Crippen LogP) is 3.00. The summed E-state index contributed by atoms with van der Waals surface area (Å²) < 4.78 is 0. The third-order valence-electron chi connectivity index (χ3n) is 4.20. The Morgan fingerprint density at radius 3 is 2.61 bits per heavy atom. The van der Waals surface area contributed by atoms with Crippen LogP contribution < -0.4 is 5.32 Å². The molecule has 2 atom stereocenters. The smallest absolute Gasteiger partial charge is 0.0535 e. The molecule has 0 aliphatic carbocycles. The van der Waals surface area contributed by atoms with Crippen LogP contribution in [-0.4, -0.2) is 30.6 Å². The molecule has 1 N–H and O–H groups in total. The van der Waals surface area contributed by atoms with Gasteiger partial charge in [-0.1, -0.05) is 50.6 Å². The van der Waals surface area contributed by atoms with Gasteiger partial charge in [-0.15, -0.1) is 0 Å². The van der Waals surface area contributed by atoms with Gasteiger partial charge in [0.1, 0.15) is 0 Å². The molecular formula is C16H26N2. The molecule has 2 rings (SSSR count). The van der Waals surface area contributed by atoms with Crippen molar-refractivity contribution in [2.75, 3.05) is 19.6 Å². The average molecular weight is 246 g/mol. The summed E-state index contributed by atoms with van der Waals surface area (Å²) in [7, 11) is 0. The lowest BCUT2D eigenvalue weighted by Gasteiger charge is -2.46. The maximum absolute atomic E-state index is 3.77. The van der Waals surface area contributed by atoms with E-state index in [9.17, 15) is 0 Å². The minimum atomic E-state index is 0.0987. The maximum atomic E-state index is 3.77. The van der Waals surface area contributed by atoms with E-state index in [1.807, 2.05) is 0 Å². The summed E-state index contributed by atoms with van der Waals surface area (Å²) in [4.78, 5) is 2.63. The second kappa shape index (κ2) is 5.85. The molecule has 0 bridgehead atoms. The zero-order chi connectivity index (χ0) is 13.0. The summed E-state index contributed by atoms with van der Waals surface area (Å²) in [5, 5.41) is 3.77. The standard InChI is InChI=1S/C16H26N2/c1-4-9-15-12-17-16(3,13-18(15)5-2)14-10-7-6-8-11-14/h6-8,10-11,15,17H,4-5,9,12-13H2,1-3H3. The van der Waals surface area contributed by atoms with Gasteiger partial charge in [0.05, 0.1) is 5.54 Å². The highest BCUT2D eigenvalue weighted by Crippen LogP contribution is 2.27. The van der Waals surface area contributed by atoms with Crippen LogP contribution in [0.4, 0.5) is 0 Å². The summed E-state index contributed by atoms with van der Waals surface area (Å²) >= 11 is 0. The molecule has 2 unspecified atom stereocenters. The summed E-state index contributed by atoms with van der Waals surface area (Å²) in [6, 6.07) is 11.5. The van der Waals surface area contributed by atoms with Crippen LogP contribution in [0.5, 0.6) is 0 Å². The van der Waals surface area contributed by atoms with E-state index in [2.05, 4.69) is 61.3 Å². The van der Waals surface area contributed by atoms with E-state index in [1.165, 1.54) is 18.4 Å². The number of likely N-dealkylation sites (N-methyl/N-ethyl adjacent to an activating group) is 1. The lowest BCUT2D eigenvalue weighted by atomic mass is 9.87. The minimum absolute atomic E-state index is 0.0987. The molecule has 0 amide bonds. The molecule has 1 heterocycles. The first-order valence-corrected chi connectivity index (χ1v) is 7.24. The highest BCUT2D eigenvalue weighted by Gasteiger charge is 2.35. The Morgan fingerprint density at radius 2 is 2.00 bits per heavy atom. The molecule has 1 aliphatic rings.